The van der Waals surface area contributed by atoms with Gasteiger partial charge in [0.25, 0.3) is 5.91 Å². The fourth-order valence-corrected chi connectivity index (χ4v) is 2.85. The molecule has 2 N–H and O–H groups in total. The van der Waals surface area contributed by atoms with Crippen LogP contribution >= 0.6 is 15.9 Å². The number of carbonyl (C=O) groups is 1. The number of hydrogen-bond donors (Lipinski definition) is 2. The summed E-state index contributed by atoms with van der Waals surface area (Å²) in [4.78, 5) is 11.5. The SMILES string of the molecule is CCNC(C)c1ccc(-n2ccc(C(=O)NC)n2)cc1Br. The van der Waals surface area contributed by atoms with Crippen LogP contribution in [0.1, 0.15) is 35.9 Å². The summed E-state index contributed by atoms with van der Waals surface area (Å²) in [6, 6.07) is 8.03. The Morgan fingerprint density at radius 1 is 1.43 bits per heavy atom. The second-order valence-corrected chi connectivity index (χ2v) is 5.56. The van der Waals surface area contributed by atoms with E-state index in [-0.39, 0.29) is 11.9 Å². The van der Waals surface area contributed by atoms with Crippen LogP contribution in [0, 0.1) is 0 Å². The molecule has 112 valence electrons. The van der Waals surface area contributed by atoms with Crippen LogP contribution in [0.2, 0.25) is 0 Å². The van der Waals surface area contributed by atoms with E-state index in [9.17, 15) is 4.79 Å². The van der Waals surface area contributed by atoms with E-state index < -0.39 is 0 Å². The molecule has 1 atom stereocenters. The standard InChI is InChI=1S/C15H19BrN4O/c1-4-18-10(2)12-6-5-11(9-13(12)16)20-8-7-14(19-20)15(21)17-3/h5-10,18H,4H2,1-3H3,(H,17,21). The largest absolute Gasteiger partial charge is 0.354 e. The third-order valence-corrected chi connectivity index (χ3v) is 3.96. The van der Waals surface area contributed by atoms with Crippen molar-refractivity contribution < 1.29 is 4.79 Å². The number of nitrogens with one attached hydrogen (secondary N) is 2. The second-order valence-electron chi connectivity index (χ2n) is 4.71. The topological polar surface area (TPSA) is 59.0 Å². The van der Waals surface area contributed by atoms with Gasteiger partial charge >= 0.3 is 0 Å². The molecular formula is C15H19BrN4O. The molecule has 21 heavy (non-hydrogen) atoms. The van der Waals surface area contributed by atoms with Gasteiger partial charge in [-0.05, 0) is 37.2 Å². The molecule has 0 aliphatic heterocycles. The highest BCUT2D eigenvalue weighted by Crippen LogP contribution is 2.25. The van der Waals surface area contributed by atoms with E-state index in [4.69, 9.17) is 0 Å². The van der Waals surface area contributed by atoms with Crippen molar-refractivity contribution in [2.45, 2.75) is 19.9 Å². The van der Waals surface area contributed by atoms with Gasteiger partial charge in [0.15, 0.2) is 5.69 Å². The molecular weight excluding hydrogens is 332 g/mol. The van der Waals surface area contributed by atoms with E-state index in [1.54, 1.807) is 24.0 Å². The van der Waals surface area contributed by atoms with E-state index >= 15 is 0 Å². The average molecular weight is 351 g/mol. The maximum Gasteiger partial charge on any atom is 0.271 e. The Morgan fingerprint density at radius 2 is 2.19 bits per heavy atom. The summed E-state index contributed by atoms with van der Waals surface area (Å²) in [5.41, 5.74) is 2.50. The van der Waals surface area contributed by atoms with Crippen molar-refractivity contribution in [2.75, 3.05) is 13.6 Å². The monoisotopic (exact) mass is 350 g/mol. The van der Waals surface area contributed by atoms with Crippen molar-refractivity contribution in [2.24, 2.45) is 0 Å². The number of benzene rings is 1. The first-order valence-electron chi connectivity index (χ1n) is 6.87. The van der Waals surface area contributed by atoms with Crippen LogP contribution in [0.3, 0.4) is 0 Å². The Hall–Kier alpha value is -1.66. The van der Waals surface area contributed by atoms with Gasteiger partial charge in [-0.25, -0.2) is 4.68 Å². The molecule has 6 heteroatoms. The summed E-state index contributed by atoms with van der Waals surface area (Å²) >= 11 is 3.60. The predicted octanol–water partition coefficient (Wildman–Crippen LogP) is 2.66. The molecule has 0 saturated heterocycles. The number of hydrogen-bond acceptors (Lipinski definition) is 3. The number of rotatable bonds is 5. The molecule has 0 radical (unpaired) electrons. The summed E-state index contributed by atoms with van der Waals surface area (Å²) < 4.78 is 2.71. The number of nitrogens with zero attached hydrogens (tertiary/aromatic N) is 2. The second kappa shape index (κ2) is 6.87. The maximum atomic E-state index is 11.5. The Kier molecular flexibility index (Phi) is 5.14. The van der Waals surface area contributed by atoms with E-state index in [1.807, 2.05) is 12.1 Å². The van der Waals surface area contributed by atoms with E-state index in [2.05, 4.69) is 51.6 Å². The van der Waals surface area contributed by atoms with Gasteiger partial charge in [-0.2, -0.15) is 5.10 Å². The van der Waals surface area contributed by atoms with Gasteiger partial charge in [-0.1, -0.05) is 28.9 Å². The van der Waals surface area contributed by atoms with Crippen molar-refractivity contribution in [1.29, 1.82) is 0 Å². The number of amides is 1. The number of carbonyl (C=O) groups excluding carboxylic acids is 1. The van der Waals surface area contributed by atoms with Crippen LogP contribution in [0.25, 0.3) is 5.69 Å². The van der Waals surface area contributed by atoms with Gasteiger partial charge < -0.3 is 10.6 Å². The first kappa shape index (κ1) is 15.7. The fraction of sp³-hybridized carbons (Fsp3) is 0.333. The first-order valence-corrected chi connectivity index (χ1v) is 7.67. The molecule has 0 bridgehead atoms. The molecule has 2 aromatic rings. The highest BCUT2D eigenvalue weighted by atomic mass is 79.9. The van der Waals surface area contributed by atoms with Gasteiger partial charge in [0.2, 0.25) is 0 Å². The molecule has 0 spiro atoms. The first-order chi connectivity index (χ1) is 10.1. The molecule has 0 aliphatic carbocycles. The number of halogens is 1. The maximum absolute atomic E-state index is 11.5. The Morgan fingerprint density at radius 3 is 2.81 bits per heavy atom. The van der Waals surface area contributed by atoms with Crippen molar-refractivity contribution in [3.05, 3.63) is 46.2 Å². The van der Waals surface area contributed by atoms with Gasteiger partial charge in [-0.3, -0.25) is 4.79 Å². The normalized spacial score (nSPS) is 12.2. The van der Waals surface area contributed by atoms with Crippen LogP contribution in [0.4, 0.5) is 0 Å². The zero-order valence-electron chi connectivity index (χ0n) is 12.4. The molecule has 0 saturated carbocycles. The molecule has 1 unspecified atom stereocenters. The lowest BCUT2D eigenvalue weighted by molar-refractivity contribution is 0.0957. The molecule has 1 aromatic heterocycles. The smallest absolute Gasteiger partial charge is 0.271 e. The van der Waals surface area contributed by atoms with Crippen molar-refractivity contribution >= 4 is 21.8 Å². The minimum Gasteiger partial charge on any atom is -0.354 e. The quantitative estimate of drug-likeness (QED) is 0.871. The molecule has 0 fully saturated rings. The van der Waals surface area contributed by atoms with E-state index in [0.717, 1.165) is 16.7 Å². The van der Waals surface area contributed by atoms with Crippen LogP contribution in [0.15, 0.2) is 34.9 Å². The van der Waals surface area contributed by atoms with Gasteiger partial charge in [0.05, 0.1) is 5.69 Å². The molecule has 0 aliphatic rings. The lowest BCUT2D eigenvalue weighted by Gasteiger charge is -2.15. The highest BCUT2D eigenvalue weighted by Gasteiger charge is 2.11. The number of aromatic nitrogens is 2. The Labute approximate surface area is 132 Å². The van der Waals surface area contributed by atoms with Crippen molar-refractivity contribution in [3.63, 3.8) is 0 Å². The van der Waals surface area contributed by atoms with Gasteiger partial charge in [-0.15, -0.1) is 0 Å². The van der Waals surface area contributed by atoms with Crippen molar-refractivity contribution in [1.82, 2.24) is 20.4 Å². The third-order valence-electron chi connectivity index (χ3n) is 3.27. The predicted molar refractivity (Wildman–Crippen MR) is 86.7 cm³/mol. The fourth-order valence-electron chi connectivity index (χ4n) is 2.14. The summed E-state index contributed by atoms with van der Waals surface area (Å²) in [6.45, 7) is 5.13. The molecule has 1 amide bonds. The highest BCUT2D eigenvalue weighted by molar-refractivity contribution is 9.10. The minimum absolute atomic E-state index is 0.190. The average Bonchev–Trinajstić information content (AvgIpc) is 2.96. The minimum atomic E-state index is -0.190. The molecule has 1 heterocycles. The molecule has 1 aromatic carbocycles. The zero-order valence-corrected chi connectivity index (χ0v) is 13.9. The van der Waals surface area contributed by atoms with Gasteiger partial charge in [0, 0.05) is 23.8 Å². The Balaban J connectivity index is 2.27. The summed E-state index contributed by atoms with van der Waals surface area (Å²) in [7, 11) is 1.59. The van der Waals surface area contributed by atoms with Crippen molar-refractivity contribution in [3.8, 4) is 5.69 Å². The van der Waals surface area contributed by atoms with E-state index in [1.165, 1.54) is 5.56 Å². The summed E-state index contributed by atoms with van der Waals surface area (Å²) in [5.74, 6) is -0.190. The molecule has 2 rings (SSSR count). The zero-order chi connectivity index (χ0) is 15.4. The lowest BCUT2D eigenvalue weighted by Crippen LogP contribution is -2.19. The van der Waals surface area contributed by atoms with Crippen LogP contribution in [-0.2, 0) is 0 Å². The van der Waals surface area contributed by atoms with Crippen LogP contribution in [0.5, 0.6) is 0 Å². The Bertz CT molecular complexity index is 638. The molecule has 5 nitrogen and oxygen atoms in total. The van der Waals surface area contributed by atoms with E-state index in [0.29, 0.717) is 5.69 Å². The van der Waals surface area contributed by atoms with Gasteiger partial charge in [0.1, 0.15) is 0 Å². The summed E-state index contributed by atoms with van der Waals surface area (Å²) in [6.07, 6.45) is 1.78. The summed E-state index contributed by atoms with van der Waals surface area (Å²) in [5, 5.41) is 10.2. The van der Waals surface area contributed by atoms with Crippen LogP contribution < -0.4 is 10.6 Å². The third kappa shape index (κ3) is 3.51. The lowest BCUT2D eigenvalue weighted by atomic mass is 10.1. The van der Waals surface area contributed by atoms with Crippen LogP contribution in [-0.4, -0.2) is 29.3 Å².